The van der Waals surface area contributed by atoms with Gasteiger partial charge in [0.25, 0.3) is 5.91 Å². The number of hydrazine groups is 1. The van der Waals surface area contributed by atoms with Crippen molar-refractivity contribution < 1.29 is 26.8 Å². The van der Waals surface area contributed by atoms with E-state index in [0.29, 0.717) is 17.9 Å². The molecular formula is C10H16N4O6S. The summed E-state index contributed by atoms with van der Waals surface area (Å²) in [4.78, 5) is 25.7. The van der Waals surface area contributed by atoms with Crippen molar-refractivity contribution in [2.75, 3.05) is 6.54 Å². The number of hydroxylamine groups is 2. The molecule has 0 aromatic heterocycles. The second-order valence-electron chi connectivity index (χ2n) is 5.49. The molecule has 3 aliphatic rings. The number of hydrogen-bond donors (Lipinski definition) is 2. The molecule has 2 aliphatic heterocycles. The van der Waals surface area contributed by atoms with E-state index in [0.717, 1.165) is 17.9 Å². The Balaban J connectivity index is 1.74. The van der Waals surface area contributed by atoms with Gasteiger partial charge in [0.05, 0.1) is 6.04 Å². The molecule has 0 aromatic carbocycles. The van der Waals surface area contributed by atoms with Gasteiger partial charge in [-0.25, -0.2) is 10.6 Å². The average molecular weight is 320 g/mol. The molecule has 10 nitrogen and oxygen atoms in total. The minimum Gasteiger partial charge on any atom is -0.309 e. The molecule has 1 aliphatic carbocycles. The maximum absolute atomic E-state index is 12.3. The van der Waals surface area contributed by atoms with E-state index in [-0.39, 0.29) is 18.5 Å². The summed E-state index contributed by atoms with van der Waals surface area (Å²) in [7, 11) is -4.78. The zero-order chi connectivity index (χ0) is 15.4. The summed E-state index contributed by atoms with van der Waals surface area (Å²) in [5.74, 6) is 5.38. The van der Waals surface area contributed by atoms with Crippen LogP contribution in [0.2, 0.25) is 0 Å². The van der Waals surface area contributed by atoms with Crippen molar-refractivity contribution in [1.82, 2.24) is 15.0 Å². The molecule has 0 spiro atoms. The van der Waals surface area contributed by atoms with Crippen LogP contribution < -0.4 is 5.84 Å². The Bertz CT molecular complexity index is 576. The molecule has 2 heterocycles. The van der Waals surface area contributed by atoms with E-state index >= 15 is 0 Å². The van der Waals surface area contributed by atoms with Gasteiger partial charge in [0.2, 0.25) is 0 Å². The van der Waals surface area contributed by atoms with Gasteiger partial charge in [-0.15, -0.1) is 4.28 Å². The van der Waals surface area contributed by atoms with Gasteiger partial charge >= 0.3 is 16.4 Å². The zero-order valence-corrected chi connectivity index (χ0v) is 11.9. The molecule has 1 saturated carbocycles. The quantitative estimate of drug-likeness (QED) is 0.289. The number of fused-ring (bicyclic) bond motifs is 2. The first kappa shape index (κ1) is 14.5. The number of amides is 3. The van der Waals surface area contributed by atoms with Crippen LogP contribution in [0.1, 0.15) is 25.7 Å². The first-order valence-electron chi connectivity index (χ1n) is 6.62. The third-order valence-corrected chi connectivity index (χ3v) is 4.33. The number of piperidine rings is 1. The molecule has 0 radical (unpaired) electrons. The van der Waals surface area contributed by atoms with E-state index in [1.54, 1.807) is 0 Å². The minimum absolute atomic E-state index is 0.0260. The number of carbonyl (C=O) groups is 2. The molecule has 3 N–H and O–H groups in total. The number of rotatable bonds is 4. The Hall–Kier alpha value is -1.43. The number of carbonyl (C=O) groups excluding carboxylic acids is 2. The molecule has 2 bridgehead atoms. The van der Waals surface area contributed by atoms with Crippen LogP contribution >= 0.6 is 0 Å². The van der Waals surface area contributed by atoms with E-state index in [1.165, 1.54) is 4.90 Å². The molecular weight excluding hydrogens is 304 g/mol. The second kappa shape index (κ2) is 4.80. The van der Waals surface area contributed by atoms with Crippen molar-refractivity contribution in [3.63, 3.8) is 0 Å². The Labute approximate surface area is 121 Å². The molecule has 2 atom stereocenters. The molecule has 118 valence electrons. The first-order chi connectivity index (χ1) is 9.78. The molecule has 3 fully saturated rings. The maximum atomic E-state index is 12.3. The van der Waals surface area contributed by atoms with Gasteiger partial charge in [-0.1, -0.05) is 0 Å². The highest BCUT2D eigenvalue weighted by molar-refractivity contribution is 7.80. The molecule has 2 saturated heterocycles. The monoisotopic (exact) mass is 320 g/mol. The summed E-state index contributed by atoms with van der Waals surface area (Å²) in [6.45, 7) is 0.170. The number of nitrogens with zero attached hydrogens (tertiary/aromatic N) is 3. The highest BCUT2D eigenvalue weighted by Gasteiger charge is 2.50. The Morgan fingerprint density at radius 1 is 1.33 bits per heavy atom. The van der Waals surface area contributed by atoms with Gasteiger partial charge in [0, 0.05) is 12.6 Å². The third-order valence-electron chi connectivity index (χ3n) is 3.98. The normalized spacial score (nSPS) is 29.0. The molecule has 3 rings (SSSR count). The Morgan fingerprint density at radius 3 is 2.57 bits per heavy atom. The lowest BCUT2D eigenvalue weighted by Gasteiger charge is -2.32. The third kappa shape index (κ3) is 2.69. The second-order valence-corrected chi connectivity index (χ2v) is 6.49. The topological polar surface area (TPSA) is 133 Å². The van der Waals surface area contributed by atoms with E-state index in [1.807, 2.05) is 0 Å². The lowest BCUT2D eigenvalue weighted by atomic mass is 10.00. The highest BCUT2D eigenvalue weighted by Crippen LogP contribution is 2.33. The van der Waals surface area contributed by atoms with Crippen LogP contribution in [0.5, 0.6) is 0 Å². The van der Waals surface area contributed by atoms with E-state index < -0.39 is 28.5 Å². The van der Waals surface area contributed by atoms with Crippen molar-refractivity contribution in [1.29, 1.82) is 0 Å². The van der Waals surface area contributed by atoms with Crippen LogP contribution in [0.4, 0.5) is 4.79 Å². The summed E-state index contributed by atoms with van der Waals surface area (Å²) < 4.78 is 34.5. The van der Waals surface area contributed by atoms with E-state index in [4.69, 9.17) is 10.4 Å². The molecule has 2 unspecified atom stereocenters. The van der Waals surface area contributed by atoms with Crippen molar-refractivity contribution in [2.45, 2.75) is 43.8 Å². The van der Waals surface area contributed by atoms with Gasteiger partial charge in [-0.05, 0) is 25.7 Å². The predicted octanol–water partition coefficient (Wildman–Crippen LogP) is -1.15. The van der Waals surface area contributed by atoms with Gasteiger partial charge in [-0.3, -0.25) is 14.4 Å². The van der Waals surface area contributed by atoms with Crippen LogP contribution in [0.3, 0.4) is 0 Å². The van der Waals surface area contributed by atoms with Crippen LogP contribution in [0.25, 0.3) is 0 Å². The number of hydrogen-bond acceptors (Lipinski definition) is 6. The van der Waals surface area contributed by atoms with Crippen LogP contribution in [0.15, 0.2) is 0 Å². The Kier molecular flexibility index (Phi) is 3.31. The number of urea groups is 1. The lowest BCUT2D eigenvalue weighted by molar-refractivity contribution is -0.137. The van der Waals surface area contributed by atoms with E-state index in [9.17, 15) is 18.0 Å². The predicted molar refractivity (Wildman–Crippen MR) is 67.4 cm³/mol. The summed E-state index contributed by atoms with van der Waals surface area (Å²) in [6.07, 6.45) is 2.47. The molecule has 11 heteroatoms. The molecule has 21 heavy (non-hydrogen) atoms. The van der Waals surface area contributed by atoms with Crippen molar-refractivity contribution >= 4 is 22.3 Å². The summed E-state index contributed by atoms with van der Waals surface area (Å²) in [5.41, 5.74) is 0. The summed E-state index contributed by atoms with van der Waals surface area (Å²) in [5, 5.41) is 1.77. The fraction of sp³-hybridized carbons (Fsp3) is 0.800. The van der Waals surface area contributed by atoms with Gasteiger partial charge in [0.1, 0.15) is 6.04 Å². The van der Waals surface area contributed by atoms with Gasteiger partial charge in [0.15, 0.2) is 0 Å². The molecule has 0 aromatic rings. The van der Waals surface area contributed by atoms with Crippen LogP contribution in [-0.4, -0.2) is 64.6 Å². The maximum Gasteiger partial charge on any atom is 0.418 e. The van der Waals surface area contributed by atoms with Crippen molar-refractivity contribution in [3.8, 4) is 0 Å². The SMILES string of the molecule is NN(C(=O)C1CCC2CN1C(=O)N2OS(=O)(=O)O)C1CC1. The number of nitrogens with two attached hydrogens (primary N) is 1. The van der Waals surface area contributed by atoms with Crippen LogP contribution in [0, 0.1) is 0 Å². The standard InChI is InChI=1S/C10H16N4O6S/c11-13(6-1-2-6)9(15)8-4-3-7-5-12(8)10(16)14(7)20-21(17,18)19/h6-8H,1-5,11H2,(H,17,18,19). The lowest BCUT2D eigenvalue weighted by Crippen LogP contribution is -2.54. The Morgan fingerprint density at radius 2 is 2.00 bits per heavy atom. The summed E-state index contributed by atoms with van der Waals surface area (Å²) >= 11 is 0. The van der Waals surface area contributed by atoms with Gasteiger partial charge < -0.3 is 4.90 Å². The highest BCUT2D eigenvalue weighted by atomic mass is 32.3. The first-order valence-corrected chi connectivity index (χ1v) is 7.99. The zero-order valence-electron chi connectivity index (χ0n) is 11.1. The fourth-order valence-corrected chi connectivity index (χ4v) is 3.18. The van der Waals surface area contributed by atoms with Crippen molar-refractivity contribution in [2.24, 2.45) is 5.84 Å². The fourth-order valence-electron chi connectivity index (χ4n) is 2.79. The summed E-state index contributed by atoms with van der Waals surface area (Å²) in [6, 6.07) is -1.94. The van der Waals surface area contributed by atoms with Crippen molar-refractivity contribution in [3.05, 3.63) is 0 Å². The van der Waals surface area contributed by atoms with Crippen LogP contribution in [-0.2, 0) is 19.5 Å². The van der Waals surface area contributed by atoms with Gasteiger partial charge in [-0.2, -0.15) is 13.5 Å². The molecule has 3 amide bonds. The average Bonchev–Trinajstić information content (AvgIpc) is 3.22. The van der Waals surface area contributed by atoms with E-state index in [2.05, 4.69) is 4.28 Å². The largest absolute Gasteiger partial charge is 0.418 e. The smallest absolute Gasteiger partial charge is 0.309 e. The minimum atomic E-state index is -4.78.